The lowest BCUT2D eigenvalue weighted by Crippen LogP contribution is -2.46. The number of urea groups is 1. The highest BCUT2D eigenvalue weighted by Gasteiger charge is 2.47. The molecule has 2 fully saturated rings. The second-order valence-electron chi connectivity index (χ2n) is 14.0. The summed E-state index contributed by atoms with van der Waals surface area (Å²) in [6.45, 7) is 3.94. The van der Waals surface area contributed by atoms with Crippen molar-refractivity contribution in [3.8, 4) is 28.3 Å². The summed E-state index contributed by atoms with van der Waals surface area (Å²) in [5.74, 6) is -1.38. The van der Waals surface area contributed by atoms with Crippen molar-refractivity contribution in [1.82, 2.24) is 39.6 Å². The zero-order valence-corrected chi connectivity index (χ0v) is 30.4. The standard InChI is InChI=1S/C37H35ClF3N9O4/c1-18-20(7-6-10-23(18)43-29-27-30(46-33(45-29)37(39,40)41)48(2)35(53)49(3)32(27)51)21-8-5-9-22(28(21)38)24-15-19-11-12-25(26(19)31(44-24)54-4)50-14-13-36(17-50)16-42-34(52)47-36/h5-10,15,25H,11-14,16-17H2,1-4H3,(H2,42,47,52)(H,43,45,46)/t25-,36-/m0/s1. The fourth-order valence-corrected chi connectivity index (χ4v) is 8.36. The molecule has 280 valence electrons. The van der Waals surface area contributed by atoms with Gasteiger partial charge in [-0.2, -0.15) is 13.2 Å². The number of carbonyl (C=O) groups excluding carboxylic acids is 1. The lowest BCUT2D eigenvalue weighted by molar-refractivity contribution is -0.144. The first-order chi connectivity index (χ1) is 25.7. The monoisotopic (exact) mass is 761 g/mol. The number of rotatable bonds is 6. The van der Waals surface area contributed by atoms with Crippen molar-refractivity contribution in [2.75, 3.05) is 32.1 Å². The first-order valence-corrected chi connectivity index (χ1v) is 17.7. The number of aromatic nitrogens is 5. The van der Waals surface area contributed by atoms with Gasteiger partial charge in [0, 0.05) is 62.1 Å². The fourth-order valence-electron chi connectivity index (χ4n) is 8.04. The smallest absolute Gasteiger partial charge is 0.451 e. The number of methoxy groups -OCH3 is 1. The number of amides is 2. The van der Waals surface area contributed by atoms with E-state index < -0.39 is 34.7 Å². The molecule has 17 heteroatoms. The number of pyridine rings is 1. The third-order valence-corrected chi connectivity index (χ3v) is 11.2. The molecule has 1 aliphatic carbocycles. The van der Waals surface area contributed by atoms with E-state index >= 15 is 0 Å². The van der Waals surface area contributed by atoms with Crippen molar-refractivity contribution in [2.45, 2.75) is 43.9 Å². The van der Waals surface area contributed by atoms with E-state index in [1.165, 1.54) is 14.1 Å². The summed E-state index contributed by atoms with van der Waals surface area (Å²) in [5, 5.41) is 9.06. The molecule has 3 aromatic heterocycles. The topological polar surface area (TPSA) is 148 Å². The molecule has 3 N–H and O–H groups in total. The van der Waals surface area contributed by atoms with Crippen molar-refractivity contribution < 1.29 is 22.7 Å². The minimum Gasteiger partial charge on any atom is -0.481 e. The highest BCUT2D eigenvalue weighted by Crippen LogP contribution is 2.46. The molecule has 2 saturated heterocycles. The molecule has 2 aromatic carbocycles. The Kier molecular flexibility index (Phi) is 8.45. The van der Waals surface area contributed by atoms with Gasteiger partial charge in [0.1, 0.15) is 11.2 Å². The fraction of sp³-hybridized carbons (Fsp3) is 0.351. The third-order valence-electron chi connectivity index (χ3n) is 10.8. The number of hydrogen-bond acceptors (Lipinski definition) is 9. The zero-order valence-electron chi connectivity index (χ0n) is 29.7. The van der Waals surface area contributed by atoms with Crippen molar-refractivity contribution in [3.63, 3.8) is 0 Å². The van der Waals surface area contributed by atoms with E-state index in [0.29, 0.717) is 51.1 Å². The Morgan fingerprint density at radius 2 is 1.76 bits per heavy atom. The average molecular weight is 762 g/mol. The number of benzene rings is 2. The first kappa shape index (κ1) is 35.5. The maximum Gasteiger partial charge on any atom is 0.451 e. The second kappa shape index (κ2) is 12.8. The lowest BCUT2D eigenvalue weighted by atomic mass is 9.96. The van der Waals surface area contributed by atoms with Crippen LogP contribution < -0.4 is 31.9 Å². The summed E-state index contributed by atoms with van der Waals surface area (Å²) in [6, 6.07) is 12.8. The maximum atomic E-state index is 13.9. The molecule has 2 amide bonds. The van der Waals surface area contributed by atoms with Gasteiger partial charge in [-0.1, -0.05) is 41.9 Å². The third kappa shape index (κ3) is 5.75. The minimum absolute atomic E-state index is 0.0948. The van der Waals surface area contributed by atoms with E-state index in [-0.39, 0.29) is 23.0 Å². The molecule has 13 nitrogen and oxygen atoms in total. The number of aryl methyl sites for hydroxylation is 2. The molecule has 0 radical (unpaired) electrons. The summed E-state index contributed by atoms with van der Waals surface area (Å²) in [6.07, 6.45) is -2.40. The van der Waals surface area contributed by atoms with E-state index in [1.54, 1.807) is 26.2 Å². The van der Waals surface area contributed by atoms with Crippen LogP contribution in [0, 0.1) is 6.92 Å². The summed E-state index contributed by atoms with van der Waals surface area (Å²) in [4.78, 5) is 52.3. The summed E-state index contributed by atoms with van der Waals surface area (Å²) < 4.78 is 49.4. The van der Waals surface area contributed by atoms with E-state index in [9.17, 15) is 27.6 Å². The Labute approximate surface area is 311 Å². The molecule has 0 bridgehead atoms. The Hall–Kier alpha value is -5.48. The predicted molar refractivity (Wildman–Crippen MR) is 196 cm³/mol. The van der Waals surface area contributed by atoms with Crippen LogP contribution in [0.2, 0.25) is 5.02 Å². The van der Waals surface area contributed by atoms with Crippen LogP contribution in [0.1, 0.15) is 41.4 Å². The van der Waals surface area contributed by atoms with Crippen LogP contribution in [0.15, 0.2) is 52.1 Å². The molecule has 0 saturated carbocycles. The van der Waals surface area contributed by atoms with Crippen LogP contribution >= 0.6 is 11.6 Å². The Morgan fingerprint density at radius 3 is 2.48 bits per heavy atom. The summed E-state index contributed by atoms with van der Waals surface area (Å²) >= 11 is 7.17. The van der Waals surface area contributed by atoms with Crippen LogP contribution in [0.5, 0.6) is 5.88 Å². The molecule has 5 heterocycles. The number of ether oxygens (including phenoxy) is 1. The van der Waals surface area contributed by atoms with Crippen molar-refractivity contribution in [3.05, 3.63) is 90.8 Å². The van der Waals surface area contributed by atoms with E-state index in [4.69, 9.17) is 21.3 Å². The number of halogens is 4. The highest BCUT2D eigenvalue weighted by molar-refractivity contribution is 6.36. The number of carbonyl (C=O) groups is 1. The Morgan fingerprint density at radius 1 is 1.02 bits per heavy atom. The van der Waals surface area contributed by atoms with Gasteiger partial charge in [0.25, 0.3) is 5.56 Å². The molecular weight excluding hydrogens is 727 g/mol. The molecule has 8 rings (SSSR count). The number of likely N-dealkylation sites (tertiary alicyclic amines) is 1. The summed E-state index contributed by atoms with van der Waals surface area (Å²) in [5.41, 5.74) is 3.33. The second-order valence-corrected chi connectivity index (χ2v) is 14.4. The number of alkyl halides is 3. The first-order valence-electron chi connectivity index (χ1n) is 17.3. The van der Waals surface area contributed by atoms with Gasteiger partial charge in [-0.05, 0) is 55.0 Å². The molecule has 5 aromatic rings. The van der Waals surface area contributed by atoms with Crippen LogP contribution in [-0.4, -0.2) is 67.3 Å². The van der Waals surface area contributed by atoms with Gasteiger partial charge in [-0.25, -0.2) is 24.5 Å². The van der Waals surface area contributed by atoms with Gasteiger partial charge in [-0.15, -0.1) is 0 Å². The Balaban J connectivity index is 1.15. The number of nitrogens with zero attached hydrogens (tertiary/aromatic N) is 6. The lowest BCUT2D eigenvalue weighted by Gasteiger charge is -2.28. The predicted octanol–water partition coefficient (Wildman–Crippen LogP) is 5.23. The van der Waals surface area contributed by atoms with Crippen LogP contribution in [0.4, 0.5) is 29.5 Å². The van der Waals surface area contributed by atoms with Gasteiger partial charge in [0.05, 0.1) is 23.4 Å². The van der Waals surface area contributed by atoms with Crippen molar-refractivity contribution >= 4 is 40.2 Å². The molecule has 0 unspecified atom stereocenters. The molecular formula is C37H35ClF3N9O4. The quantitative estimate of drug-likeness (QED) is 0.212. The van der Waals surface area contributed by atoms with Crippen molar-refractivity contribution in [2.24, 2.45) is 14.1 Å². The van der Waals surface area contributed by atoms with Crippen LogP contribution in [-0.2, 0) is 26.7 Å². The van der Waals surface area contributed by atoms with Gasteiger partial charge in [0.2, 0.25) is 11.7 Å². The Bertz CT molecular complexity index is 2520. The average Bonchev–Trinajstić information content (AvgIpc) is 3.87. The van der Waals surface area contributed by atoms with Gasteiger partial charge < -0.3 is 20.7 Å². The molecule has 1 spiro atoms. The maximum absolute atomic E-state index is 13.9. The zero-order chi connectivity index (χ0) is 38.3. The van der Waals surface area contributed by atoms with Gasteiger partial charge in [0.15, 0.2) is 5.65 Å². The number of fused-ring (bicyclic) bond motifs is 2. The van der Waals surface area contributed by atoms with Crippen molar-refractivity contribution in [1.29, 1.82) is 0 Å². The number of hydrogen-bond donors (Lipinski definition) is 3. The number of nitrogens with one attached hydrogen (secondary N) is 3. The van der Waals surface area contributed by atoms with Crippen LogP contribution in [0.3, 0.4) is 0 Å². The van der Waals surface area contributed by atoms with E-state index in [0.717, 1.165) is 52.6 Å². The molecule has 2 aliphatic heterocycles. The van der Waals surface area contributed by atoms with E-state index in [2.05, 4.69) is 30.8 Å². The largest absolute Gasteiger partial charge is 0.481 e. The number of anilines is 2. The molecule has 54 heavy (non-hydrogen) atoms. The van der Waals surface area contributed by atoms with E-state index in [1.807, 2.05) is 30.3 Å². The normalized spacial score (nSPS) is 19.7. The van der Waals surface area contributed by atoms with Gasteiger partial charge >= 0.3 is 17.9 Å². The summed E-state index contributed by atoms with van der Waals surface area (Å²) in [7, 11) is 4.07. The molecule has 2 atom stereocenters. The van der Waals surface area contributed by atoms with Crippen LogP contribution in [0.25, 0.3) is 33.4 Å². The minimum atomic E-state index is -4.95. The highest BCUT2D eigenvalue weighted by atomic mass is 35.5. The van der Waals surface area contributed by atoms with Gasteiger partial charge in [-0.3, -0.25) is 18.8 Å². The molecule has 3 aliphatic rings. The SMILES string of the molecule is COc1nc(-c2cccc(-c3cccc(Nc4nc(C(F)(F)F)nc5c4c(=O)n(C)c(=O)n5C)c3C)c2Cl)cc2c1[C@@H](N1CC[C@]3(CNC(=O)N3)C1)CC2.